The SMILES string of the molecule is COC(=O)N([C@H](C=O)C(C)C)N1[C@@H]2C[C@@H]2C[C@H]1c1ncc(-c2ccc3cc(-c4ccc5nc([C@@H]6C[C@H]7C[C@H]7N6)[nH]c5c4)ccc3c2)[nH]1. The van der Waals surface area contributed by atoms with Crippen molar-refractivity contribution in [2.75, 3.05) is 7.11 Å². The summed E-state index contributed by atoms with van der Waals surface area (Å²) in [6, 6.07) is 20.0. The van der Waals surface area contributed by atoms with Crippen molar-refractivity contribution in [3.05, 3.63) is 72.4 Å². The molecule has 0 spiro atoms. The summed E-state index contributed by atoms with van der Waals surface area (Å²) in [5.74, 6) is 3.09. The van der Waals surface area contributed by atoms with E-state index < -0.39 is 12.1 Å². The quantitative estimate of drug-likeness (QED) is 0.167. The highest BCUT2D eigenvalue weighted by atomic mass is 16.5. The highest BCUT2D eigenvalue weighted by Crippen LogP contribution is 2.54. The number of imidazole rings is 2. The van der Waals surface area contributed by atoms with Gasteiger partial charge in [-0.2, -0.15) is 0 Å². The van der Waals surface area contributed by atoms with Crippen molar-refractivity contribution in [2.45, 2.75) is 69.7 Å². The molecule has 1 amide bonds. The van der Waals surface area contributed by atoms with Crippen LogP contribution in [0.15, 0.2) is 60.8 Å². The van der Waals surface area contributed by atoms with E-state index in [0.717, 1.165) is 80.9 Å². The number of H-pyrrole nitrogens is 2. The number of hydrazine groups is 1. The van der Waals surface area contributed by atoms with E-state index in [2.05, 4.69) is 74.9 Å². The molecule has 4 aliphatic rings. The van der Waals surface area contributed by atoms with E-state index in [4.69, 9.17) is 14.7 Å². The Morgan fingerprint density at radius 2 is 1.70 bits per heavy atom. The van der Waals surface area contributed by atoms with Crippen LogP contribution in [0.5, 0.6) is 0 Å². The second kappa shape index (κ2) is 10.7. The van der Waals surface area contributed by atoms with E-state index in [-0.39, 0.29) is 18.0 Å². The molecule has 9 rings (SSSR count). The van der Waals surface area contributed by atoms with Crippen LogP contribution in [0.4, 0.5) is 4.79 Å². The maximum atomic E-state index is 13.0. The fourth-order valence-electron chi connectivity index (χ4n) is 8.09. The molecule has 0 bridgehead atoms. The number of aldehydes is 1. The summed E-state index contributed by atoms with van der Waals surface area (Å²) in [7, 11) is 1.37. The molecule has 47 heavy (non-hydrogen) atoms. The van der Waals surface area contributed by atoms with Gasteiger partial charge in [-0.25, -0.2) is 24.8 Å². The number of ether oxygens (including phenoxy) is 1. The first kappa shape index (κ1) is 28.7. The van der Waals surface area contributed by atoms with E-state index in [0.29, 0.717) is 18.0 Å². The zero-order valence-electron chi connectivity index (χ0n) is 26.8. The third kappa shape index (κ3) is 4.84. The summed E-state index contributed by atoms with van der Waals surface area (Å²) in [6.45, 7) is 3.89. The molecule has 3 N–H and O–H groups in total. The molecule has 2 saturated carbocycles. The average molecular weight is 630 g/mol. The second-order valence-corrected chi connectivity index (χ2v) is 14.2. The molecule has 240 valence electrons. The number of piperidine rings is 2. The molecule has 10 nitrogen and oxygen atoms in total. The minimum absolute atomic E-state index is 0.0545. The van der Waals surface area contributed by atoms with Crippen LogP contribution in [-0.4, -0.2) is 67.6 Å². The number of hydrogen-bond donors (Lipinski definition) is 3. The van der Waals surface area contributed by atoms with Gasteiger partial charge < -0.3 is 24.8 Å². The Labute approximate surface area is 272 Å². The zero-order valence-corrected chi connectivity index (χ0v) is 26.8. The van der Waals surface area contributed by atoms with Gasteiger partial charge in [0.25, 0.3) is 0 Å². The van der Waals surface area contributed by atoms with Gasteiger partial charge in [0.15, 0.2) is 0 Å². The standard InChI is InChI=1S/C37H39N7O3/c1-19(2)34(18-45)44(37(46)47-3)43-32-15-26(32)16-33(43)36-38-17-31(42-36)24-7-6-20-10-21(4-5-22(20)11-24)23-8-9-27-29(12-23)41-35(40-27)30-14-25-13-28(25)39-30/h4-12,17-19,25-26,28,30,32-34,39H,13-16H2,1-3H3,(H,38,42)(H,40,41)/t25-,26-,28-,30+,32-,33+,34-/m1/s1. The van der Waals surface area contributed by atoms with E-state index in [1.165, 1.54) is 25.0 Å². The molecule has 0 radical (unpaired) electrons. The van der Waals surface area contributed by atoms with Crippen molar-refractivity contribution < 1.29 is 14.3 Å². The highest BCUT2D eigenvalue weighted by Gasteiger charge is 2.57. The Morgan fingerprint density at radius 1 is 0.936 bits per heavy atom. The van der Waals surface area contributed by atoms with Crippen molar-refractivity contribution in [3.63, 3.8) is 0 Å². The number of benzene rings is 3. The van der Waals surface area contributed by atoms with E-state index >= 15 is 0 Å². The number of nitrogens with one attached hydrogen (secondary N) is 3. The van der Waals surface area contributed by atoms with Crippen LogP contribution < -0.4 is 5.32 Å². The molecular weight excluding hydrogens is 590 g/mol. The van der Waals surface area contributed by atoms with Crippen LogP contribution in [0.2, 0.25) is 0 Å². The molecule has 2 aliphatic carbocycles. The summed E-state index contributed by atoms with van der Waals surface area (Å²) < 4.78 is 5.15. The number of amides is 1. The van der Waals surface area contributed by atoms with Crippen molar-refractivity contribution in [1.82, 2.24) is 35.3 Å². The fourth-order valence-corrected chi connectivity index (χ4v) is 8.09. The summed E-state index contributed by atoms with van der Waals surface area (Å²) in [4.78, 5) is 41.9. The average Bonchev–Trinajstić information content (AvgIpc) is 3.68. The van der Waals surface area contributed by atoms with Gasteiger partial charge in [0, 0.05) is 17.6 Å². The number of rotatable bonds is 8. The fraction of sp³-hybridized carbons (Fsp3) is 0.405. The van der Waals surface area contributed by atoms with Gasteiger partial charge in [-0.1, -0.05) is 44.2 Å². The summed E-state index contributed by atoms with van der Waals surface area (Å²) in [6.07, 6.45) is 6.58. The molecule has 3 aromatic carbocycles. The lowest BCUT2D eigenvalue weighted by Gasteiger charge is -2.40. The van der Waals surface area contributed by atoms with E-state index in [1.807, 2.05) is 20.0 Å². The van der Waals surface area contributed by atoms with Crippen LogP contribution in [0, 0.1) is 17.8 Å². The predicted molar refractivity (Wildman–Crippen MR) is 179 cm³/mol. The lowest BCUT2D eigenvalue weighted by atomic mass is 9.99. The maximum Gasteiger partial charge on any atom is 0.424 e. The topological polar surface area (TPSA) is 119 Å². The van der Waals surface area contributed by atoms with Gasteiger partial charge >= 0.3 is 6.09 Å². The van der Waals surface area contributed by atoms with Crippen molar-refractivity contribution in [3.8, 4) is 22.4 Å². The van der Waals surface area contributed by atoms with Crippen LogP contribution in [0.1, 0.15) is 63.3 Å². The zero-order chi connectivity index (χ0) is 32.0. The van der Waals surface area contributed by atoms with Gasteiger partial charge in [0.05, 0.1) is 42.1 Å². The summed E-state index contributed by atoms with van der Waals surface area (Å²) >= 11 is 0. The Balaban J connectivity index is 0.967. The number of fused-ring (bicyclic) bond motifs is 4. The lowest BCUT2D eigenvalue weighted by molar-refractivity contribution is -0.126. The Bertz CT molecular complexity index is 2020. The monoisotopic (exact) mass is 629 g/mol. The molecule has 4 fully saturated rings. The van der Waals surface area contributed by atoms with Gasteiger partial charge in [-0.3, -0.25) is 0 Å². The molecule has 2 aromatic heterocycles. The van der Waals surface area contributed by atoms with Crippen molar-refractivity contribution in [2.24, 2.45) is 17.8 Å². The van der Waals surface area contributed by atoms with E-state index in [1.54, 1.807) is 0 Å². The third-order valence-corrected chi connectivity index (χ3v) is 10.9. The highest BCUT2D eigenvalue weighted by molar-refractivity contribution is 5.91. The van der Waals surface area contributed by atoms with Crippen LogP contribution in [0.3, 0.4) is 0 Å². The third-order valence-electron chi connectivity index (χ3n) is 10.9. The van der Waals surface area contributed by atoms with Gasteiger partial charge in [-0.15, -0.1) is 0 Å². The molecule has 10 heteroatoms. The van der Waals surface area contributed by atoms with Crippen molar-refractivity contribution in [1.29, 1.82) is 0 Å². The van der Waals surface area contributed by atoms with Crippen LogP contribution >= 0.6 is 0 Å². The molecule has 2 saturated heterocycles. The number of methoxy groups -OCH3 is 1. The lowest BCUT2D eigenvalue weighted by Crippen LogP contribution is -2.55. The van der Waals surface area contributed by atoms with Gasteiger partial charge in [0.2, 0.25) is 0 Å². The van der Waals surface area contributed by atoms with Gasteiger partial charge in [-0.05, 0) is 89.6 Å². The first-order valence-electron chi connectivity index (χ1n) is 16.8. The Kier molecular flexibility index (Phi) is 6.56. The number of nitrogens with zero attached hydrogens (tertiary/aromatic N) is 4. The number of aromatic amines is 2. The predicted octanol–water partition coefficient (Wildman–Crippen LogP) is 6.54. The number of carbonyl (C=O) groups is 2. The molecular formula is C37H39N7O3. The summed E-state index contributed by atoms with van der Waals surface area (Å²) in [5.41, 5.74) is 6.37. The first-order valence-corrected chi connectivity index (χ1v) is 16.8. The van der Waals surface area contributed by atoms with Gasteiger partial charge in [0.1, 0.15) is 24.0 Å². The molecule has 2 aliphatic heterocycles. The molecule has 4 heterocycles. The number of aromatic nitrogens is 4. The number of hydrogen-bond acceptors (Lipinski definition) is 7. The largest absolute Gasteiger partial charge is 0.452 e. The van der Waals surface area contributed by atoms with Crippen molar-refractivity contribution >= 4 is 34.2 Å². The normalized spacial score (nSPS) is 26.8. The van der Waals surface area contributed by atoms with Crippen LogP contribution in [0.25, 0.3) is 44.2 Å². The number of carbonyl (C=O) groups excluding carboxylic acids is 2. The molecule has 5 aromatic rings. The maximum absolute atomic E-state index is 13.0. The minimum atomic E-state index is -0.609. The molecule has 7 atom stereocenters. The first-order chi connectivity index (χ1) is 22.9. The Morgan fingerprint density at radius 3 is 2.45 bits per heavy atom. The minimum Gasteiger partial charge on any atom is -0.452 e. The Hall–Kier alpha value is -4.54. The van der Waals surface area contributed by atoms with Crippen LogP contribution in [-0.2, 0) is 9.53 Å². The van der Waals surface area contributed by atoms with E-state index in [9.17, 15) is 9.59 Å². The smallest absolute Gasteiger partial charge is 0.424 e. The summed E-state index contributed by atoms with van der Waals surface area (Å²) in [5, 5.41) is 9.59. The second-order valence-electron chi connectivity index (χ2n) is 14.2. The molecule has 0 unspecified atom stereocenters.